The molecule has 0 atom stereocenters. The minimum absolute atomic E-state index is 0.178. The van der Waals surface area contributed by atoms with Gasteiger partial charge < -0.3 is 4.74 Å². The SMILES string of the molecule is O=C(Cc1ccc(-c2ccc(OC(F)(F)C(F)F)cc2)cc1)N[n+]1ccccc1. The Balaban J connectivity index is 1.62. The van der Waals surface area contributed by atoms with Gasteiger partial charge in [0.1, 0.15) is 5.75 Å². The van der Waals surface area contributed by atoms with Crippen LogP contribution >= 0.6 is 0 Å². The summed E-state index contributed by atoms with van der Waals surface area (Å²) in [6.45, 7) is 0. The van der Waals surface area contributed by atoms with E-state index in [1.807, 2.05) is 6.07 Å². The number of amides is 1. The van der Waals surface area contributed by atoms with Crippen molar-refractivity contribution in [3.8, 4) is 16.9 Å². The molecule has 29 heavy (non-hydrogen) atoms. The van der Waals surface area contributed by atoms with Crippen molar-refractivity contribution in [3.63, 3.8) is 0 Å². The second-order valence-electron chi connectivity index (χ2n) is 6.18. The molecule has 2 aromatic carbocycles. The van der Waals surface area contributed by atoms with Crippen molar-refractivity contribution in [2.75, 3.05) is 5.43 Å². The zero-order chi connectivity index (χ0) is 20.9. The van der Waals surface area contributed by atoms with Gasteiger partial charge >= 0.3 is 12.5 Å². The minimum Gasteiger partial charge on any atom is -0.428 e. The normalized spacial score (nSPS) is 11.3. The van der Waals surface area contributed by atoms with Crippen LogP contribution in [0.5, 0.6) is 5.75 Å². The molecule has 1 aromatic heterocycles. The molecule has 4 nitrogen and oxygen atoms in total. The second-order valence-corrected chi connectivity index (χ2v) is 6.18. The highest BCUT2D eigenvalue weighted by Gasteiger charge is 2.43. The molecule has 0 spiro atoms. The molecule has 0 saturated heterocycles. The average Bonchev–Trinajstić information content (AvgIpc) is 2.69. The number of halogens is 4. The summed E-state index contributed by atoms with van der Waals surface area (Å²) in [5.74, 6) is -0.541. The highest BCUT2D eigenvalue weighted by molar-refractivity contribution is 5.84. The molecular formula is C21H17F4N2O2+. The van der Waals surface area contributed by atoms with Gasteiger partial charge in [0.2, 0.25) is 0 Å². The molecule has 0 saturated carbocycles. The van der Waals surface area contributed by atoms with E-state index in [9.17, 15) is 22.4 Å². The number of alkyl halides is 4. The van der Waals surface area contributed by atoms with Gasteiger partial charge in [-0.3, -0.25) is 4.79 Å². The lowest BCUT2D eigenvalue weighted by molar-refractivity contribution is -0.642. The number of aromatic nitrogens is 1. The smallest absolute Gasteiger partial charge is 0.428 e. The Morgan fingerprint density at radius 3 is 2.03 bits per heavy atom. The van der Waals surface area contributed by atoms with Crippen LogP contribution in [0.15, 0.2) is 79.1 Å². The average molecular weight is 405 g/mol. The first kappa shape index (κ1) is 20.3. The Morgan fingerprint density at radius 2 is 1.48 bits per heavy atom. The van der Waals surface area contributed by atoms with Crippen LogP contribution in [0, 0.1) is 0 Å². The van der Waals surface area contributed by atoms with Crippen LogP contribution in [0.3, 0.4) is 0 Å². The van der Waals surface area contributed by atoms with Gasteiger partial charge in [0, 0.05) is 12.1 Å². The standard InChI is InChI=1S/C21H16F4N2O2/c22-20(23)21(24,25)29-18-10-8-17(9-11-18)16-6-4-15(5-7-16)14-19(28)26-27-12-2-1-3-13-27/h1-13,20H,14H2/p+1. The molecule has 3 rings (SSSR count). The van der Waals surface area contributed by atoms with E-state index in [0.717, 1.165) is 11.1 Å². The number of rotatable bonds is 7. The summed E-state index contributed by atoms with van der Waals surface area (Å²) in [5, 5.41) is 0. The minimum atomic E-state index is -4.54. The van der Waals surface area contributed by atoms with Gasteiger partial charge in [0.25, 0.3) is 5.91 Å². The lowest BCUT2D eigenvalue weighted by Crippen LogP contribution is -2.48. The molecule has 8 heteroatoms. The van der Waals surface area contributed by atoms with E-state index in [0.29, 0.717) is 5.56 Å². The van der Waals surface area contributed by atoms with Crippen LogP contribution in [0.4, 0.5) is 17.6 Å². The van der Waals surface area contributed by atoms with Crippen molar-refractivity contribution >= 4 is 5.91 Å². The van der Waals surface area contributed by atoms with Gasteiger partial charge in [-0.05, 0) is 28.8 Å². The van der Waals surface area contributed by atoms with Gasteiger partial charge in [-0.2, -0.15) is 17.6 Å². The molecule has 0 aliphatic heterocycles. The second kappa shape index (κ2) is 8.72. The van der Waals surface area contributed by atoms with Crippen molar-refractivity contribution in [1.29, 1.82) is 0 Å². The van der Waals surface area contributed by atoms with Gasteiger partial charge in [-0.15, -0.1) is 5.43 Å². The number of hydrogen-bond donors (Lipinski definition) is 1. The molecule has 0 unspecified atom stereocenters. The molecule has 0 bridgehead atoms. The number of nitrogens with one attached hydrogen (secondary N) is 1. The maximum Gasteiger partial charge on any atom is 0.461 e. The van der Waals surface area contributed by atoms with Gasteiger partial charge in [0.05, 0.1) is 6.42 Å². The molecule has 1 heterocycles. The molecule has 0 fully saturated rings. The number of carbonyl (C=O) groups excluding carboxylic acids is 1. The highest BCUT2D eigenvalue weighted by atomic mass is 19.3. The number of hydrogen-bond acceptors (Lipinski definition) is 2. The fourth-order valence-corrected chi connectivity index (χ4v) is 2.57. The third kappa shape index (κ3) is 5.54. The van der Waals surface area contributed by atoms with E-state index in [4.69, 9.17) is 0 Å². The predicted molar refractivity (Wildman–Crippen MR) is 98.2 cm³/mol. The van der Waals surface area contributed by atoms with E-state index in [2.05, 4.69) is 10.2 Å². The maximum atomic E-state index is 12.9. The summed E-state index contributed by atoms with van der Waals surface area (Å²) in [6, 6.07) is 17.9. The summed E-state index contributed by atoms with van der Waals surface area (Å²) in [7, 11) is 0. The fourth-order valence-electron chi connectivity index (χ4n) is 2.57. The van der Waals surface area contributed by atoms with E-state index in [1.165, 1.54) is 24.3 Å². The van der Waals surface area contributed by atoms with Gasteiger partial charge in [-0.1, -0.05) is 47.1 Å². The summed E-state index contributed by atoms with van der Waals surface area (Å²) >= 11 is 0. The number of carbonyl (C=O) groups is 1. The van der Waals surface area contributed by atoms with Crippen LogP contribution in [-0.2, 0) is 11.2 Å². The largest absolute Gasteiger partial charge is 0.461 e. The van der Waals surface area contributed by atoms with Crippen molar-refractivity contribution in [2.24, 2.45) is 0 Å². The van der Waals surface area contributed by atoms with Crippen LogP contribution in [0.1, 0.15) is 5.56 Å². The first-order chi connectivity index (χ1) is 13.8. The summed E-state index contributed by atoms with van der Waals surface area (Å²) < 4.78 is 55.8. The Morgan fingerprint density at radius 1 is 0.931 bits per heavy atom. The third-order valence-corrected chi connectivity index (χ3v) is 3.98. The maximum absolute atomic E-state index is 12.9. The van der Waals surface area contributed by atoms with E-state index >= 15 is 0 Å². The summed E-state index contributed by atoms with van der Waals surface area (Å²) in [5.41, 5.74) is 4.97. The molecule has 0 aliphatic rings. The van der Waals surface area contributed by atoms with E-state index in [1.54, 1.807) is 53.5 Å². The summed E-state index contributed by atoms with van der Waals surface area (Å²) in [4.78, 5) is 12.1. The molecule has 0 aliphatic carbocycles. The topological polar surface area (TPSA) is 42.2 Å². The van der Waals surface area contributed by atoms with E-state index in [-0.39, 0.29) is 18.1 Å². The Labute approximate surface area is 164 Å². The highest BCUT2D eigenvalue weighted by Crippen LogP contribution is 2.29. The lowest BCUT2D eigenvalue weighted by Gasteiger charge is -2.16. The van der Waals surface area contributed by atoms with Crippen molar-refractivity contribution in [2.45, 2.75) is 19.0 Å². The first-order valence-electron chi connectivity index (χ1n) is 8.64. The number of pyridine rings is 1. The van der Waals surface area contributed by atoms with Crippen LogP contribution < -0.4 is 14.8 Å². The quantitative estimate of drug-likeness (QED) is 0.473. The molecular weight excluding hydrogens is 388 g/mol. The third-order valence-electron chi connectivity index (χ3n) is 3.98. The lowest BCUT2D eigenvalue weighted by atomic mass is 10.0. The van der Waals surface area contributed by atoms with Crippen LogP contribution in [0.2, 0.25) is 0 Å². The summed E-state index contributed by atoms with van der Waals surface area (Å²) in [6.07, 6.45) is -4.84. The predicted octanol–water partition coefficient (Wildman–Crippen LogP) is 4.19. The zero-order valence-corrected chi connectivity index (χ0v) is 15.1. The van der Waals surface area contributed by atoms with Crippen molar-refractivity contribution in [3.05, 3.63) is 84.7 Å². The van der Waals surface area contributed by atoms with Crippen LogP contribution in [0.25, 0.3) is 11.1 Å². The molecule has 150 valence electrons. The molecule has 0 radical (unpaired) electrons. The van der Waals surface area contributed by atoms with Crippen molar-refractivity contribution < 1.29 is 31.8 Å². The van der Waals surface area contributed by atoms with Crippen molar-refractivity contribution in [1.82, 2.24) is 0 Å². The fraction of sp³-hybridized carbons (Fsp3) is 0.143. The van der Waals surface area contributed by atoms with E-state index < -0.39 is 12.5 Å². The Bertz CT molecular complexity index is 947. The number of ether oxygens (including phenoxy) is 1. The molecule has 1 amide bonds. The van der Waals surface area contributed by atoms with Gasteiger partial charge in [-0.25, -0.2) is 0 Å². The first-order valence-corrected chi connectivity index (χ1v) is 8.64. The Hall–Kier alpha value is -3.42. The van der Waals surface area contributed by atoms with Crippen LogP contribution in [-0.4, -0.2) is 18.4 Å². The Kier molecular flexibility index (Phi) is 6.11. The number of benzene rings is 2. The molecule has 1 N–H and O–H groups in total. The zero-order valence-electron chi connectivity index (χ0n) is 15.1. The number of nitrogens with zero attached hydrogens (tertiary/aromatic N) is 1. The monoisotopic (exact) mass is 405 g/mol. The molecule has 3 aromatic rings. The van der Waals surface area contributed by atoms with Gasteiger partial charge in [0.15, 0.2) is 12.4 Å².